The molecule has 0 saturated carbocycles. The van der Waals surface area contributed by atoms with Crippen LogP contribution in [0.5, 0.6) is 0 Å². The number of aryl methyl sites for hydroxylation is 2. The number of ether oxygens (including phenoxy) is 1. The zero-order valence-electron chi connectivity index (χ0n) is 10.1. The Labute approximate surface area is 95.3 Å². The summed E-state index contributed by atoms with van der Waals surface area (Å²) in [5.74, 6) is 0. The van der Waals surface area contributed by atoms with E-state index in [1.165, 1.54) is 0 Å². The predicted octanol–water partition coefficient (Wildman–Crippen LogP) is 1.95. The SMILES string of the molecule is CC[C@H]1CC[C@@H](n2cc(C)c(C)nc2=O)O1. The number of hydrogen-bond acceptors (Lipinski definition) is 3. The van der Waals surface area contributed by atoms with E-state index in [1.54, 1.807) is 4.57 Å². The van der Waals surface area contributed by atoms with Crippen molar-refractivity contribution in [1.29, 1.82) is 0 Å². The van der Waals surface area contributed by atoms with E-state index >= 15 is 0 Å². The molecule has 0 aromatic carbocycles. The highest BCUT2D eigenvalue weighted by Crippen LogP contribution is 2.28. The average molecular weight is 222 g/mol. The van der Waals surface area contributed by atoms with Crippen LogP contribution >= 0.6 is 0 Å². The minimum Gasteiger partial charge on any atom is -0.355 e. The first-order valence-corrected chi connectivity index (χ1v) is 5.83. The van der Waals surface area contributed by atoms with Crippen molar-refractivity contribution in [1.82, 2.24) is 9.55 Å². The van der Waals surface area contributed by atoms with Gasteiger partial charge in [0.2, 0.25) is 0 Å². The molecule has 4 nitrogen and oxygen atoms in total. The highest BCUT2D eigenvalue weighted by atomic mass is 16.5. The van der Waals surface area contributed by atoms with Crippen LogP contribution in [0.1, 0.15) is 43.7 Å². The van der Waals surface area contributed by atoms with Gasteiger partial charge in [-0.25, -0.2) is 4.79 Å². The molecule has 1 aliphatic rings. The van der Waals surface area contributed by atoms with Gasteiger partial charge in [-0.05, 0) is 38.7 Å². The molecule has 2 rings (SSSR count). The van der Waals surface area contributed by atoms with E-state index in [2.05, 4.69) is 11.9 Å². The van der Waals surface area contributed by atoms with Crippen molar-refractivity contribution < 1.29 is 4.74 Å². The van der Waals surface area contributed by atoms with Crippen LogP contribution in [-0.4, -0.2) is 15.7 Å². The Morgan fingerprint density at radius 3 is 2.88 bits per heavy atom. The van der Waals surface area contributed by atoms with Gasteiger partial charge < -0.3 is 4.74 Å². The molecular weight excluding hydrogens is 204 g/mol. The molecule has 0 spiro atoms. The zero-order valence-corrected chi connectivity index (χ0v) is 10.1. The molecule has 2 atom stereocenters. The molecule has 0 bridgehead atoms. The van der Waals surface area contributed by atoms with Crippen molar-refractivity contribution >= 4 is 0 Å². The molecule has 0 unspecified atom stereocenters. The third-order valence-electron chi connectivity index (χ3n) is 3.24. The summed E-state index contributed by atoms with van der Waals surface area (Å²) >= 11 is 0. The normalized spacial score (nSPS) is 24.9. The van der Waals surface area contributed by atoms with Crippen LogP contribution < -0.4 is 5.69 Å². The van der Waals surface area contributed by atoms with Gasteiger partial charge in [-0.2, -0.15) is 4.98 Å². The van der Waals surface area contributed by atoms with E-state index in [9.17, 15) is 4.79 Å². The van der Waals surface area contributed by atoms with E-state index in [1.807, 2.05) is 20.0 Å². The molecule has 1 aromatic rings. The summed E-state index contributed by atoms with van der Waals surface area (Å²) in [5, 5.41) is 0. The second-order valence-corrected chi connectivity index (χ2v) is 4.40. The Kier molecular flexibility index (Phi) is 3.10. The quantitative estimate of drug-likeness (QED) is 0.768. The first-order chi connectivity index (χ1) is 7.61. The van der Waals surface area contributed by atoms with Gasteiger partial charge in [0.15, 0.2) is 0 Å². The summed E-state index contributed by atoms with van der Waals surface area (Å²) in [5.41, 5.74) is 1.62. The van der Waals surface area contributed by atoms with Crippen molar-refractivity contribution in [3.8, 4) is 0 Å². The molecule has 1 saturated heterocycles. The maximum absolute atomic E-state index is 11.7. The second-order valence-electron chi connectivity index (χ2n) is 4.40. The van der Waals surface area contributed by atoms with E-state index in [-0.39, 0.29) is 11.9 Å². The zero-order chi connectivity index (χ0) is 11.7. The van der Waals surface area contributed by atoms with Crippen molar-refractivity contribution in [2.45, 2.75) is 52.4 Å². The van der Waals surface area contributed by atoms with Gasteiger partial charge in [0.1, 0.15) is 6.23 Å². The van der Waals surface area contributed by atoms with E-state index < -0.39 is 0 Å². The number of rotatable bonds is 2. The largest absolute Gasteiger partial charge is 0.355 e. The van der Waals surface area contributed by atoms with Gasteiger partial charge >= 0.3 is 5.69 Å². The minimum atomic E-state index is -0.204. The maximum Gasteiger partial charge on any atom is 0.349 e. The fourth-order valence-electron chi connectivity index (χ4n) is 2.04. The molecule has 0 aliphatic carbocycles. The third-order valence-corrected chi connectivity index (χ3v) is 3.24. The molecule has 1 aliphatic heterocycles. The Morgan fingerprint density at radius 2 is 2.25 bits per heavy atom. The van der Waals surface area contributed by atoms with Gasteiger partial charge in [-0.3, -0.25) is 4.57 Å². The summed E-state index contributed by atoms with van der Waals surface area (Å²) in [6, 6.07) is 0. The molecule has 0 radical (unpaired) electrons. The lowest BCUT2D eigenvalue weighted by Gasteiger charge is -2.15. The van der Waals surface area contributed by atoms with Crippen LogP contribution in [0.2, 0.25) is 0 Å². The number of nitrogens with zero attached hydrogens (tertiary/aromatic N) is 2. The topological polar surface area (TPSA) is 44.1 Å². The Bertz CT molecular complexity index is 439. The van der Waals surface area contributed by atoms with E-state index in [0.29, 0.717) is 6.10 Å². The Morgan fingerprint density at radius 1 is 1.50 bits per heavy atom. The van der Waals surface area contributed by atoms with Crippen molar-refractivity contribution in [2.24, 2.45) is 0 Å². The molecule has 4 heteroatoms. The molecule has 0 amide bonds. The molecule has 1 aromatic heterocycles. The monoisotopic (exact) mass is 222 g/mol. The first-order valence-electron chi connectivity index (χ1n) is 5.83. The average Bonchev–Trinajstić information content (AvgIpc) is 2.71. The molecule has 1 fully saturated rings. The summed E-state index contributed by atoms with van der Waals surface area (Å²) < 4.78 is 7.42. The second kappa shape index (κ2) is 4.37. The van der Waals surface area contributed by atoms with Crippen LogP contribution in [0.15, 0.2) is 11.0 Å². The Hall–Kier alpha value is -1.16. The fourth-order valence-corrected chi connectivity index (χ4v) is 2.04. The van der Waals surface area contributed by atoms with Crippen LogP contribution in [0.3, 0.4) is 0 Å². The molecule has 2 heterocycles. The van der Waals surface area contributed by atoms with Gasteiger partial charge in [0.05, 0.1) is 6.10 Å². The number of hydrogen-bond donors (Lipinski definition) is 0. The lowest BCUT2D eigenvalue weighted by Crippen LogP contribution is -2.28. The van der Waals surface area contributed by atoms with Gasteiger partial charge in [-0.1, -0.05) is 6.92 Å². The van der Waals surface area contributed by atoms with Crippen LogP contribution in [0, 0.1) is 13.8 Å². The molecular formula is C12H18N2O2. The van der Waals surface area contributed by atoms with Gasteiger partial charge in [0, 0.05) is 11.9 Å². The van der Waals surface area contributed by atoms with E-state index in [4.69, 9.17) is 4.74 Å². The summed E-state index contributed by atoms with van der Waals surface area (Å²) in [6.45, 7) is 5.92. The van der Waals surface area contributed by atoms with Crippen molar-refractivity contribution in [2.75, 3.05) is 0 Å². The lowest BCUT2D eigenvalue weighted by molar-refractivity contribution is -0.00208. The standard InChI is InChI=1S/C12H18N2O2/c1-4-10-5-6-11(16-10)14-7-8(2)9(3)13-12(14)15/h7,10-11H,4-6H2,1-3H3/t10-,11-/m0/s1. The maximum atomic E-state index is 11.7. The van der Waals surface area contributed by atoms with Crippen LogP contribution in [0.25, 0.3) is 0 Å². The van der Waals surface area contributed by atoms with Crippen molar-refractivity contribution in [3.63, 3.8) is 0 Å². The lowest BCUT2D eigenvalue weighted by atomic mass is 10.2. The predicted molar refractivity (Wildman–Crippen MR) is 61.4 cm³/mol. The highest BCUT2D eigenvalue weighted by molar-refractivity contribution is 5.12. The third kappa shape index (κ3) is 2.02. The molecule has 88 valence electrons. The number of aromatic nitrogens is 2. The summed E-state index contributed by atoms with van der Waals surface area (Å²) in [4.78, 5) is 15.7. The first kappa shape index (κ1) is 11.3. The molecule has 0 N–H and O–H groups in total. The fraction of sp³-hybridized carbons (Fsp3) is 0.667. The van der Waals surface area contributed by atoms with Crippen LogP contribution in [-0.2, 0) is 4.74 Å². The van der Waals surface area contributed by atoms with Gasteiger partial charge in [0.25, 0.3) is 0 Å². The van der Waals surface area contributed by atoms with Gasteiger partial charge in [-0.15, -0.1) is 0 Å². The van der Waals surface area contributed by atoms with E-state index in [0.717, 1.165) is 30.5 Å². The smallest absolute Gasteiger partial charge is 0.349 e. The minimum absolute atomic E-state index is 0.121. The highest BCUT2D eigenvalue weighted by Gasteiger charge is 2.26. The molecule has 16 heavy (non-hydrogen) atoms. The Balaban J connectivity index is 2.28. The summed E-state index contributed by atoms with van der Waals surface area (Å²) in [7, 11) is 0. The van der Waals surface area contributed by atoms with Crippen molar-refractivity contribution in [3.05, 3.63) is 27.9 Å². The summed E-state index contributed by atoms with van der Waals surface area (Å²) in [6.07, 6.45) is 4.96. The van der Waals surface area contributed by atoms with Crippen LogP contribution in [0.4, 0.5) is 0 Å².